The molecule has 2 aromatic rings. The van der Waals surface area contributed by atoms with E-state index >= 15 is 0 Å². The monoisotopic (exact) mass is 249 g/mol. The molecule has 94 valence electrons. The summed E-state index contributed by atoms with van der Waals surface area (Å²) in [7, 11) is 0. The molecule has 18 heavy (non-hydrogen) atoms. The molecule has 0 aliphatic rings. The van der Waals surface area contributed by atoms with Crippen molar-refractivity contribution in [3.05, 3.63) is 35.3 Å². The van der Waals surface area contributed by atoms with Gasteiger partial charge < -0.3 is 9.84 Å². The highest BCUT2D eigenvalue weighted by Gasteiger charge is 2.15. The Hall–Kier alpha value is -2.17. The smallest absolute Gasteiger partial charge is 0.357 e. The van der Waals surface area contributed by atoms with Crippen molar-refractivity contribution in [2.45, 2.75) is 13.8 Å². The standard InChI is InChI=1S/C13H12FNO3/c1-3-18-13(17)10-6-11(16)12-7(2)8(14)4-5-9(12)15-10/h4-6H,3H2,1-2H3,(H,15,16). The molecule has 1 aromatic heterocycles. The van der Waals surface area contributed by atoms with Gasteiger partial charge >= 0.3 is 5.97 Å². The van der Waals surface area contributed by atoms with Crippen molar-refractivity contribution in [3.63, 3.8) is 0 Å². The molecular formula is C13H12FNO3. The van der Waals surface area contributed by atoms with Gasteiger partial charge in [-0.1, -0.05) is 0 Å². The number of rotatable bonds is 2. The van der Waals surface area contributed by atoms with Crippen molar-refractivity contribution < 1.29 is 19.0 Å². The van der Waals surface area contributed by atoms with Crippen LogP contribution in [-0.2, 0) is 4.74 Å². The van der Waals surface area contributed by atoms with E-state index in [9.17, 15) is 14.3 Å². The number of carbonyl (C=O) groups excluding carboxylic acids is 1. The second-order valence-corrected chi connectivity index (χ2v) is 3.81. The van der Waals surface area contributed by atoms with Gasteiger partial charge in [0.25, 0.3) is 0 Å². The van der Waals surface area contributed by atoms with Gasteiger partial charge in [0.2, 0.25) is 0 Å². The maximum absolute atomic E-state index is 13.4. The first kappa shape index (κ1) is 12.3. The van der Waals surface area contributed by atoms with E-state index in [-0.39, 0.29) is 18.1 Å². The normalized spacial score (nSPS) is 10.6. The number of nitrogens with zero attached hydrogens (tertiary/aromatic N) is 1. The number of benzene rings is 1. The summed E-state index contributed by atoms with van der Waals surface area (Å²) in [5, 5.41) is 10.2. The van der Waals surface area contributed by atoms with E-state index in [0.29, 0.717) is 16.5 Å². The number of aryl methyl sites for hydroxylation is 1. The average molecular weight is 249 g/mol. The second kappa shape index (κ2) is 4.60. The van der Waals surface area contributed by atoms with Crippen LogP contribution in [0.1, 0.15) is 23.0 Å². The molecule has 5 heteroatoms. The lowest BCUT2D eigenvalue weighted by Gasteiger charge is -2.07. The predicted molar refractivity (Wildman–Crippen MR) is 64.1 cm³/mol. The van der Waals surface area contributed by atoms with E-state index in [1.807, 2.05) is 0 Å². The van der Waals surface area contributed by atoms with E-state index in [1.54, 1.807) is 13.8 Å². The zero-order chi connectivity index (χ0) is 13.3. The average Bonchev–Trinajstić information content (AvgIpc) is 2.33. The van der Waals surface area contributed by atoms with Crippen molar-refractivity contribution >= 4 is 16.9 Å². The summed E-state index contributed by atoms with van der Waals surface area (Å²) >= 11 is 0. The van der Waals surface area contributed by atoms with Crippen LogP contribution in [0.2, 0.25) is 0 Å². The number of aromatic nitrogens is 1. The SMILES string of the molecule is CCOC(=O)c1cc(O)c2c(C)c(F)ccc2n1. The molecule has 1 aromatic carbocycles. The third-order valence-electron chi connectivity index (χ3n) is 2.63. The molecular weight excluding hydrogens is 237 g/mol. The number of esters is 1. The van der Waals surface area contributed by atoms with E-state index in [1.165, 1.54) is 18.2 Å². The maximum Gasteiger partial charge on any atom is 0.357 e. The van der Waals surface area contributed by atoms with Crippen LogP contribution >= 0.6 is 0 Å². The molecule has 4 nitrogen and oxygen atoms in total. The fourth-order valence-corrected chi connectivity index (χ4v) is 1.76. The van der Waals surface area contributed by atoms with Crippen LogP contribution < -0.4 is 0 Å². The fourth-order valence-electron chi connectivity index (χ4n) is 1.76. The van der Waals surface area contributed by atoms with Crippen LogP contribution in [0.25, 0.3) is 10.9 Å². The predicted octanol–water partition coefficient (Wildman–Crippen LogP) is 2.56. The molecule has 0 fully saturated rings. The number of carbonyl (C=O) groups is 1. The quantitative estimate of drug-likeness (QED) is 0.831. The summed E-state index contributed by atoms with van der Waals surface area (Å²) in [5.74, 6) is -1.22. The summed E-state index contributed by atoms with van der Waals surface area (Å²) < 4.78 is 18.2. The molecule has 0 radical (unpaired) electrons. The molecule has 0 bridgehead atoms. The van der Waals surface area contributed by atoms with Gasteiger partial charge in [-0.2, -0.15) is 0 Å². The summed E-state index contributed by atoms with van der Waals surface area (Å²) in [4.78, 5) is 15.6. The Balaban J connectivity index is 2.64. The molecule has 1 N–H and O–H groups in total. The molecule has 0 atom stereocenters. The minimum Gasteiger partial charge on any atom is -0.507 e. The van der Waals surface area contributed by atoms with Crippen molar-refractivity contribution in [3.8, 4) is 5.75 Å². The molecule has 0 saturated carbocycles. The van der Waals surface area contributed by atoms with Crippen LogP contribution in [0.3, 0.4) is 0 Å². The maximum atomic E-state index is 13.4. The van der Waals surface area contributed by atoms with Crippen LogP contribution in [-0.4, -0.2) is 22.7 Å². The summed E-state index contributed by atoms with van der Waals surface area (Å²) in [5.41, 5.74) is 0.665. The molecule has 0 unspecified atom stereocenters. The lowest BCUT2D eigenvalue weighted by atomic mass is 10.1. The number of pyridine rings is 1. The Morgan fingerprint density at radius 1 is 1.50 bits per heavy atom. The minimum absolute atomic E-state index is 0.00728. The van der Waals surface area contributed by atoms with Crippen LogP contribution in [0, 0.1) is 12.7 Å². The molecule has 2 rings (SSSR count). The van der Waals surface area contributed by atoms with Gasteiger partial charge in [-0.3, -0.25) is 0 Å². The molecule has 0 spiro atoms. The Morgan fingerprint density at radius 3 is 2.89 bits per heavy atom. The number of hydrogen-bond acceptors (Lipinski definition) is 4. The van der Waals surface area contributed by atoms with Gasteiger partial charge in [0.1, 0.15) is 11.6 Å². The topological polar surface area (TPSA) is 59.4 Å². The summed E-state index contributed by atoms with van der Waals surface area (Å²) in [6.45, 7) is 3.45. The largest absolute Gasteiger partial charge is 0.507 e. The van der Waals surface area contributed by atoms with E-state index < -0.39 is 11.8 Å². The Labute approximate surface area is 103 Å². The molecule has 0 aliphatic heterocycles. The number of halogens is 1. The van der Waals surface area contributed by atoms with Crippen LogP contribution in [0.5, 0.6) is 5.75 Å². The molecule has 1 heterocycles. The zero-order valence-electron chi connectivity index (χ0n) is 10.0. The summed E-state index contributed by atoms with van der Waals surface area (Å²) in [6.07, 6.45) is 0. The van der Waals surface area contributed by atoms with E-state index in [2.05, 4.69) is 4.98 Å². The van der Waals surface area contributed by atoms with Crippen LogP contribution in [0.4, 0.5) is 4.39 Å². The molecule has 0 amide bonds. The molecule has 0 aliphatic carbocycles. The number of ether oxygens (including phenoxy) is 1. The van der Waals surface area contributed by atoms with E-state index in [0.717, 1.165) is 0 Å². The van der Waals surface area contributed by atoms with Gasteiger partial charge in [0, 0.05) is 11.5 Å². The fraction of sp³-hybridized carbons (Fsp3) is 0.231. The third-order valence-corrected chi connectivity index (χ3v) is 2.63. The van der Waals surface area contributed by atoms with Gasteiger partial charge in [-0.15, -0.1) is 0 Å². The van der Waals surface area contributed by atoms with Gasteiger partial charge in [-0.05, 0) is 31.5 Å². The van der Waals surface area contributed by atoms with Crippen molar-refractivity contribution in [2.75, 3.05) is 6.61 Å². The highest BCUT2D eigenvalue weighted by Crippen LogP contribution is 2.29. The number of fused-ring (bicyclic) bond motifs is 1. The van der Waals surface area contributed by atoms with Gasteiger partial charge in [0.15, 0.2) is 5.69 Å². The minimum atomic E-state index is -0.614. The Kier molecular flexibility index (Phi) is 3.14. The van der Waals surface area contributed by atoms with Crippen molar-refractivity contribution in [1.82, 2.24) is 4.98 Å². The number of aromatic hydroxyl groups is 1. The first-order chi connectivity index (χ1) is 8.54. The Morgan fingerprint density at radius 2 is 2.22 bits per heavy atom. The van der Waals surface area contributed by atoms with Crippen molar-refractivity contribution in [2.24, 2.45) is 0 Å². The zero-order valence-corrected chi connectivity index (χ0v) is 10.0. The van der Waals surface area contributed by atoms with Gasteiger partial charge in [-0.25, -0.2) is 14.2 Å². The van der Waals surface area contributed by atoms with Crippen molar-refractivity contribution in [1.29, 1.82) is 0 Å². The van der Waals surface area contributed by atoms with Crippen LogP contribution in [0.15, 0.2) is 18.2 Å². The first-order valence-electron chi connectivity index (χ1n) is 5.50. The third kappa shape index (κ3) is 1.99. The highest BCUT2D eigenvalue weighted by molar-refractivity contribution is 5.95. The highest BCUT2D eigenvalue weighted by atomic mass is 19.1. The lowest BCUT2D eigenvalue weighted by molar-refractivity contribution is 0.0519. The number of hydrogen-bond donors (Lipinski definition) is 1. The van der Waals surface area contributed by atoms with E-state index in [4.69, 9.17) is 4.74 Å². The first-order valence-corrected chi connectivity index (χ1v) is 5.50. The Bertz CT molecular complexity index is 625. The van der Waals surface area contributed by atoms with Gasteiger partial charge in [0.05, 0.1) is 12.1 Å². The molecule has 0 saturated heterocycles. The second-order valence-electron chi connectivity index (χ2n) is 3.81. The summed E-state index contributed by atoms with van der Waals surface area (Å²) in [6, 6.07) is 3.85. The lowest BCUT2D eigenvalue weighted by Crippen LogP contribution is -2.07.